The maximum absolute atomic E-state index is 12.8. The van der Waals surface area contributed by atoms with Crippen molar-refractivity contribution in [2.75, 3.05) is 6.54 Å². The third-order valence-electron chi connectivity index (χ3n) is 4.30. The highest BCUT2D eigenvalue weighted by Gasteiger charge is 2.26. The van der Waals surface area contributed by atoms with Gasteiger partial charge < -0.3 is 5.32 Å². The summed E-state index contributed by atoms with van der Waals surface area (Å²) in [5.74, 6) is -0.464. The number of fused-ring (bicyclic) bond motifs is 1. The molecule has 1 amide bonds. The van der Waals surface area contributed by atoms with Gasteiger partial charge in [-0.3, -0.25) is 14.8 Å². The van der Waals surface area contributed by atoms with Crippen LogP contribution in [0.5, 0.6) is 0 Å². The average molecular weight is 336 g/mol. The van der Waals surface area contributed by atoms with Crippen LogP contribution in [-0.2, 0) is 22.4 Å². The molecule has 0 saturated heterocycles. The molecule has 5 nitrogen and oxygen atoms in total. The Morgan fingerprint density at radius 2 is 2.00 bits per heavy atom. The molecule has 5 heteroatoms. The van der Waals surface area contributed by atoms with Crippen LogP contribution >= 0.6 is 0 Å². The molecule has 2 aromatic rings. The number of amides is 1. The summed E-state index contributed by atoms with van der Waals surface area (Å²) in [4.78, 5) is 23.9. The molecule has 25 heavy (non-hydrogen) atoms. The summed E-state index contributed by atoms with van der Waals surface area (Å²) in [5, 5.41) is 11.9. The van der Waals surface area contributed by atoms with Gasteiger partial charge in [-0.15, -0.1) is 0 Å². The van der Waals surface area contributed by atoms with Crippen LogP contribution in [0.1, 0.15) is 28.3 Å². The van der Waals surface area contributed by atoms with Gasteiger partial charge in [0.25, 0.3) is 5.91 Å². The van der Waals surface area contributed by atoms with Crippen LogP contribution in [0.15, 0.2) is 54.6 Å². The molecule has 0 aliphatic carbocycles. The van der Waals surface area contributed by atoms with E-state index in [1.807, 2.05) is 48.5 Å². The molecule has 0 saturated carbocycles. The predicted molar refractivity (Wildman–Crippen MR) is 95.0 cm³/mol. The van der Waals surface area contributed by atoms with Gasteiger partial charge in [0.1, 0.15) is 0 Å². The van der Waals surface area contributed by atoms with Crippen molar-refractivity contribution in [1.82, 2.24) is 10.8 Å². The number of ketones is 1. The quantitative estimate of drug-likeness (QED) is 0.444. The molecule has 0 aromatic heterocycles. The van der Waals surface area contributed by atoms with Crippen molar-refractivity contribution in [3.8, 4) is 0 Å². The summed E-state index contributed by atoms with van der Waals surface area (Å²) in [5.41, 5.74) is 5.47. The molecule has 0 fully saturated rings. The highest BCUT2D eigenvalue weighted by molar-refractivity contribution is 5.91. The molecule has 1 aliphatic heterocycles. The van der Waals surface area contributed by atoms with Gasteiger partial charge in [0.15, 0.2) is 5.78 Å². The largest absolute Gasteiger partial charge is 0.303 e. The van der Waals surface area contributed by atoms with E-state index in [1.165, 1.54) is 6.08 Å². The Balaban J connectivity index is 1.83. The lowest BCUT2D eigenvalue weighted by atomic mass is 9.88. The van der Waals surface area contributed by atoms with E-state index in [0.29, 0.717) is 6.42 Å². The van der Waals surface area contributed by atoms with E-state index in [2.05, 4.69) is 5.32 Å². The molecule has 128 valence electrons. The first kappa shape index (κ1) is 17.1. The zero-order chi connectivity index (χ0) is 17.6. The zero-order valence-corrected chi connectivity index (χ0v) is 13.7. The second kappa shape index (κ2) is 7.88. The lowest BCUT2D eigenvalue weighted by Gasteiger charge is -2.26. The number of benzene rings is 2. The normalized spacial score (nSPS) is 16.4. The van der Waals surface area contributed by atoms with Crippen molar-refractivity contribution in [2.45, 2.75) is 18.9 Å². The van der Waals surface area contributed by atoms with Crippen LogP contribution in [0.25, 0.3) is 6.08 Å². The van der Waals surface area contributed by atoms with E-state index < -0.39 is 5.91 Å². The van der Waals surface area contributed by atoms with Gasteiger partial charge >= 0.3 is 0 Å². The maximum Gasteiger partial charge on any atom is 0.267 e. The van der Waals surface area contributed by atoms with Gasteiger partial charge in [-0.05, 0) is 40.8 Å². The van der Waals surface area contributed by atoms with Gasteiger partial charge in [-0.2, -0.15) is 0 Å². The zero-order valence-electron chi connectivity index (χ0n) is 13.7. The van der Waals surface area contributed by atoms with Crippen molar-refractivity contribution in [3.05, 3.63) is 76.9 Å². The first-order valence-corrected chi connectivity index (χ1v) is 8.22. The molecule has 2 aromatic carbocycles. The van der Waals surface area contributed by atoms with E-state index in [-0.39, 0.29) is 11.8 Å². The van der Waals surface area contributed by atoms with Crippen LogP contribution in [0.4, 0.5) is 0 Å². The van der Waals surface area contributed by atoms with Crippen molar-refractivity contribution in [1.29, 1.82) is 0 Å². The van der Waals surface area contributed by atoms with Gasteiger partial charge in [0.05, 0.1) is 6.04 Å². The third-order valence-corrected chi connectivity index (χ3v) is 4.30. The second-order valence-electron chi connectivity index (χ2n) is 6.03. The first-order valence-electron chi connectivity index (χ1n) is 8.22. The van der Waals surface area contributed by atoms with E-state index in [4.69, 9.17) is 5.21 Å². The number of nitrogens with one attached hydrogen (secondary N) is 2. The topological polar surface area (TPSA) is 78.4 Å². The fourth-order valence-corrected chi connectivity index (χ4v) is 3.07. The minimum Gasteiger partial charge on any atom is -0.303 e. The Morgan fingerprint density at radius 3 is 2.76 bits per heavy atom. The Labute approximate surface area is 146 Å². The predicted octanol–water partition coefficient (Wildman–Crippen LogP) is 2.20. The Kier molecular flexibility index (Phi) is 5.38. The summed E-state index contributed by atoms with van der Waals surface area (Å²) in [7, 11) is 0. The fraction of sp³-hybridized carbons (Fsp3) is 0.200. The Bertz CT molecular complexity index is 800. The lowest BCUT2D eigenvalue weighted by Crippen LogP contribution is -2.36. The lowest BCUT2D eigenvalue weighted by molar-refractivity contribution is -0.124. The second-order valence-corrected chi connectivity index (χ2v) is 6.03. The summed E-state index contributed by atoms with van der Waals surface area (Å²) >= 11 is 0. The van der Waals surface area contributed by atoms with Crippen LogP contribution in [0.3, 0.4) is 0 Å². The highest BCUT2D eigenvalue weighted by Crippen LogP contribution is 2.26. The minimum atomic E-state index is -0.590. The van der Waals surface area contributed by atoms with E-state index >= 15 is 0 Å². The summed E-state index contributed by atoms with van der Waals surface area (Å²) in [6, 6.07) is 15.2. The smallest absolute Gasteiger partial charge is 0.267 e. The maximum atomic E-state index is 12.8. The van der Waals surface area contributed by atoms with Crippen LogP contribution < -0.4 is 10.8 Å². The molecule has 3 N–H and O–H groups in total. The van der Waals surface area contributed by atoms with Gasteiger partial charge in [-0.1, -0.05) is 42.5 Å². The molecule has 1 unspecified atom stereocenters. The standard InChI is InChI=1S/C20H20N2O3/c23-18(13-14-4-2-1-3-5-14)20-17-12-15(7-9-19(24)22-25)6-8-16(17)10-11-21-20/h1-9,12,20-21,25H,10-11,13H2,(H,22,24). The van der Waals surface area contributed by atoms with Crippen molar-refractivity contribution in [2.24, 2.45) is 0 Å². The number of carbonyl (C=O) groups excluding carboxylic acids is 2. The number of hydrogen-bond acceptors (Lipinski definition) is 4. The van der Waals surface area contributed by atoms with Gasteiger partial charge in [-0.25, -0.2) is 5.48 Å². The summed E-state index contributed by atoms with van der Waals surface area (Å²) in [6.45, 7) is 0.764. The molecule has 1 heterocycles. The summed E-state index contributed by atoms with van der Waals surface area (Å²) < 4.78 is 0. The molecule has 3 rings (SSSR count). The monoisotopic (exact) mass is 336 g/mol. The van der Waals surface area contributed by atoms with Crippen LogP contribution in [0.2, 0.25) is 0 Å². The average Bonchev–Trinajstić information content (AvgIpc) is 2.66. The van der Waals surface area contributed by atoms with Gasteiger partial charge in [0, 0.05) is 19.0 Å². The first-order chi connectivity index (χ1) is 12.2. The van der Waals surface area contributed by atoms with Crippen molar-refractivity contribution in [3.63, 3.8) is 0 Å². The van der Waals surface area contributed by atoms with Gasteiger partial charge in [0.2, 0.25) is 0 Å². The fourth-order valence-electron chi connectivity index (χ4n) is 3.07. The molecule has 0 bridgehead atoms. The number of hydrogen-bond donors (Lipinski definition) is 3. The van der Waals surface area contributed by atoms with Crippen molar-refractivity contribution < 1.29 is 14.8 Å². The molecule has 0 radical (unpaired) electrons. The van der Waals surface area contributed by atoms with E-state index in [0.717, 1.165) is 35.2 Å². The Hall–Kier alpha value is -2.76. The van der Waals surface area contributed by atoms with Crippen molar-refractivity contribution >= 4 is 17.8 Å². The number of rotatable bonds is 5. The summed E-state index contributed by atoms with van der Waals surface area (Å²) in [6.07, 6.45) is 4.11. The molecule has 1 aliphatic rings. The molecular weight excluding hydrogens is 316 g/mol. The highest BCUT2D eigenvalue weighted by atomic mass is 16.5. The SMILES string of the molecule is O=C(C=Cc1ccc2c(c1)C(C(=O)Cc1ccccc1)NCC2)NO. The molecular formula is C20H20N2O3. The molecule has 1 atom stereocenters. The molecule has 0 spiro atoms. The van der Waals surface area contributed by atoms with E-state index in [9.17, 15) is 9.59 Å². The van der Waals surface area contributed by atoms with Crippen LogP contribution in [0, 0.1) is 0 Å². The van der Waals surface area contributed by atoms with Crippen LogP contribution in [-0.4, -0.2) is 23.4 Å². The number of hydroxylamine groups is 1. The number of Topliss-reactive ketones (excluding diaryl/α,β-unsaturated/α-hetero) is 1. The minimum absolute atomic E-state index is 0.126. The number of carbonyl (C=O) groups is 2. The van der Waals surface area contributed by atoms with E-state index in [1.54, 1.807) is 11.6 Å². The third kappa shape index (κ3) is 4.21. The Morgan fingerprint density at radius 1 is 1.20 bits per heavy atom.